The number of pyridine rings is 1. The molecule has 1 aliphatic rings. The van der Waals surface area contributed by atoms with Crippen molar-refractivity contribution in [2.24, 2.45) is 5.92 Å². The molecule has 0 aromatic carbocycles. The summed E-state index contributed by atoms with van der Waals surface area (Å²) in [5.74, 6) is -0.0908. The van der Waals surface area contributed by atoms with Crippen LogP contribution in [0.25, 0.3) is 0 Å². The Morgan fingerprint density at radius 2 is 2.17 bits per heavy atom. The third kappa shape index (κ3) is 3.45. The van der Waals surface area contributed by atoms with E-state index in [1.165, 1.54) is 0 Å². The van der Waals surface area contributed by atoms with Crippen molar-refractivity contribution in [3.8, 4) is 0 Å². The summed E-state index contributed by atoms with van der Waals surface area (Å²) in [4.78, 5) is 24.8. The SMILES string of the molecule is Cc1cc(C(=O)N[C@H](c2ccccn2)C2CC(O)C2)nc(N)n1. The van der Waals surface area contributed by atoms with Crippen LogP contribution in [-0.2, 0) is 0 Å². The lowest BCUT2D eigenvalue weighted by Gasteiger charge is -2.37. The second-order valence-corrected chi connectivity index (χ2v) is 5.84. The number of amides is 1. The minimum absolute atomic E-state index is 0.0728. The smallest absolute Gasteiger partial charge is 0.270 e. The van der Waals surface area contributed by atoms with E-state index in [1.54, 1.807) is 19.2 Å². The van der Waals surface area contributed by atoms with Gasteiger partial charge < -0.3 is 16.2 Å². The number of aliphatic hydroxyl groups is 1. The normalized spacial score (nSPS) is 21.3. The van der Waals surface area contributed by atoms with Gasteiger partial charge in [-0.25, -0.2) is 9.97 Å². The fraction of sp³-hybridized carbons (Fsp3) is 0.375. The summed E-state index contributed by atoms with van der Waals surface area (Å²) in [5, 5.41) is 12.5. The number of carbonyl (C=O) groups is 1. The molecule has 0 bridgehead atoms. The predicted molar refractivity (Wildman–Crippen MR) is 84.4 cm³/mol. The Labute approximate surface area is 134 Å². The Morgan fingerprint density at radius 1 is 1.39 bits per heavy atom. The summed E-state index contributed by atoms with van der Waals surface area (Å²) in [6.45, 7) is 1.76. The van der Waals surface area contributed by atoms with Gasteiger partial charge in [0.05, 0.1) is 17.8 Å². The van der Waals surface area contributed by atoms with Gasteiger partial charge in [-0.15, -0.1) is 0 Å². The van der Waals surface area contributed by atoms with Gasteiger partial charge in [-0.05, 0) is 43.9 Å². The van der Waals surface area contributed by atoms with Gasteiger partial charge in [-0.1, -0.05) is 6.07 Å². The lowest BCUT2D eigenvalue weighted by Crippen LogP contribution is -2.42. The molecule has 1 fully saturated rings. The van der Waals surface area contributed by atoms with E-state index >= 15 is 0 Å². The van der Waals surface area contributed by atoms with Crippen molar-refractivity contribution in [1.82, 2.24) is 20.3 Å². The van der Waals surface area contributed by atoms with Crippen LogP contribution in [0.5, 0.6) is 0 Å². The summed E-state index contributed by atoms with van der Waals surface area (Å²) < 4.78 is 0. The van der Waals surface area contributed by atoms with Gasteiger partial charge in [0, 0.05) is 11.9 Å². The quantitative estimate of drug-likeness (QED) is 0.776. The van der Waals surface area contributed by atoms with Crippen LogP contribution in [-0.4, -0.2) is 32.1 Å². The van der Waals surface area contributed by atoms with Crippen molar-refractivity contribution in [2.75, 3.05) is 5.73 Å². The maximum atomic E-state index is 12.5. The van der Waals surface area contributed by atoms with Crippen molar-refractivity contribution < 1.29 is 9.90 Å². The van der Waals surface area contributed by atoms with Gasteiger partial charge >= 0.3 is 0 Å². The fourth-order valence-corrected chi connectivity index (χ4v) is 2.82. The van der Waals surface area contributed by atoms with E-state index in [2.05, 4.69) is 20.3 Å². The molecular weight excluding hydrogens is 294 g/mol. The minimum atomic E-state index is -0.320. The first kappa shape index (κ1) is 15.4. The zero-order chi connectivity index (χ0) is 16.4. The second-order valence-electron chi connectivity index (χ2n) is 5.84. The van der Waals surface area contributed by atoms with E-state index in [0.717, 1.165) is 5.69 Å². The summed E-state index contributed by atoms with van der Waals surface area (Å²) in [6, 6.07) is 6.91. The van der Waals surface area contributed by atoms with Crippen molar-refractivity contribution in [1.29, 1.82) is 0 Å². The monoisotopic (exact) mass is 313 g/mol. The molecular formula is C16H19N5O2. The number of nitrogens with one attached hydrogen (secondary N) is 1. The van der Waals surface area contributed by atoms with Gasteiger partial charge in [-0.3, -0.25) is 9.78 Å². The van der Waals surface area contributed by atoms with Crippen LogP contribution in [0.4, 0.5) is 5.95 Å². The highest BCUT2D eigenvalue weighted by Gasteiger charge is 2.36. The van der Waals surface area contributed by atoms with Gasteiger partial charge in [0.25, 0.3) is 5.91 Å². The number of nitrogen functional groups attached to an aromatic ring is 1. The fourth-order valence-electron chi connectivity index (χ4n) is 2.82. The number of hydrogen-bond donors (Lipinski definition) is 3. The van der Waals surface area contributed by atoms with Crippen LogP contribution in [0.3, 0.4) is 0 Å². The third-order valence-electron chi connectivity index (χ3n) is 4.02. The lowest BCUT2D eigenvalue weighted by molar-refractivity contribution is 0.0227. The first-order valence-corrected chi connectivity index (χ1v) is 7.54. The molecule has 2 heterocycles. The molecule has 1 aliphatic carbocycles. The Balaban J connectivity index is 1.82. The topological polar surface area (TPSA) is 114 Å². The zero-order valence-electron chi connectivity index (χ0n) is 12.8. The van der Waals surface area contributed by atoms with Crippen LogP contribution in [0.1, 0.15) is 40.8 Å². The number of nitrogens with two attached hydrogens (primary N) is 1. The summed E-state index contributed by atoms with van der Waals surface area (Å²) in [6.07, 6.45) is 2.68. The molecule has 0 aliphatic heterocycles. The Kier molecular flexibility index (Phi) is 4.20. The van der Waals surface area contributed by atoms with Crippen molar-refractivity contribution in [3.63, 3.8) is 0 Å². The average molecular weight is 313 g/mol. The van der Waals surface area contributed by atoms with E-state index in [1.807, 2.05) is 18.2 Å². The molecule has 0 saturated heterocycles. The number of nitrogens with zero attached hydrogens (tertiary/aromatic N) is 3. The number of aryl methyl sites for hydroxylation is 1. The molecule has 2 aromatic rings. The molecule has 1 atom stereocenters. The Morgan fingerprint density at radius 3 is 2.78 bits per heavy atom. The number of anilines is 1. The van der Waals surface area contributed by atoms with Gasteiger partial charge in [0.15, 0.2) is 0 Å². The average Bonchev–Trinajstić information content (AvgIpc) is 2.49. The van der Waals surface area contributed by atoms with Crippen molar-refractivity contribution >= 4 is 11.9 Å². The molecule has 7 heteroatoms. The summed E-state index contributed by atoms with van der Waals surface area (Å²) in [7, 11) is 0. The maximum Gasteiger partial charge on any atom is 0.270 e. The van der Waals surface area contributed by atoms with Crippen LogP contribution >= 0.6 is 0 Å². The lowest BCUT2D eigenvalue weighted by atomic mass is 9.76. The molecule has 120 valence electrons. The Hall–Kier alpha value is -2.54. The molecule has 1 amide bonds. The van der Waals surface area contributed by atoms with Gasteiger partial charge in [-0.2, -0.15) is 0 Å². The predicted octanol–water partition coefficient (Wildman–Crippen LogP) is 1.00. The first-order chi connectivity index (χ1) is 11.0. The molecule has 7 nitrogen and oxygen atoms in total. The van der Waals surface area contributed by atoms with E-state index in [0.29, 0.717) is 18.5 Å². The molecule has 3 rings (SSSR count). The zero-order valence-corrected chi connectivity index (χ0v) is 12.8. The molecule has 0 unspecified atom stereocenters. The van der Waals surface area contributed by atoms with E-state index in [4.69, 9.17) is 5.73 Å². The molecule has 4 N–H and O–H groups in total. The molecule has 0 radical (unpaired) electrons. The highest BCUT2D eigenvalue weighted by Crippen LogP contribution is 2.37. The first-order valence-electron chi connectivity index (χ1n) is 7.54. The van der Waals surface area contributed by atoms with Crippen LogP contribution in [0, 0.1) is 12.8 Å². The van der Waals surface area contributed by atoms with Crippen LogP contribution in [0.2, 0.25) is 0 Å². The van der Waals surface area contributed by atoms with Gasteiger partial charge in [0.1, 0.15) is 5.69 Å². The third-order valence-corrected chi connectivity index (χ3v) is 4.02. The molecule has 23 heavy (non-hydrogen) atoms. The number of hydrogen-bond acceptors (Lipinski definition) is 6. The molecule has 1 saturated carbocycles. The van der Waals surface area contributed by atoms with Crippen LogP contribution in [0.15, 0.2) is 30.5 Å². The summed E-state index contributed by atoms with van der Waals surface area (Å²) in [5.41, 5.74) is 7.25. The number of rotatable bonds is 4. The van der Waals surface area contributed by atoms with E-state index in [-0.39, 0.29) is 35.6 Å². The maximum absolute atomic E-state index is 12.5. The number of carbonyl (C=O) groups excluding carboxylic acids is 1. The van der Waals surface area contributed by atoms with Crippen LogP contribution < -0.4 is 11.1 Å². The largest absolute Gasteiger partial charge is 0.393 e. The highest BCUT2D eigenvalue weighted by molar-refractivity contribution is 5.92. The van der Waals surface area contributed by atoms with Crippen molar-refractivity contribution in [3.05, 3.63) is 47.5 Å². The Bertz CT molecular complexity index is 681. The highest BCUT2D eigenvalue weighted by atomic mass is 16.3. The van der Waals surface area contributed by atoms with Gasteiger partial charge in [0.2, 0.25) is 5.95 Å². The number of aromatic nitrogens is 3. The van der Waals surface area contributed by atoms with Crippen molar-refractivity contribution in [2.45, 2.75) is 31.9 Å². The number of aliphatic hydroxyl groups excluding tert-OH is 1. The van der Waals surface area contributed by atoms with E-state index < -0.39 is 0 Å². The molecule has 0 spiro atoms. The summed E-state index contributed by atoms with van der Waals surface area (Å²) >= 11 is 0. The standard InChI is InChI=1S/C16H19N5O2/c1-9-6-13(20-16(17)19-9)15(23)21-14(10-7-11(22)8-10)12-4-2-3-5-18-12/h2-6,10-11,14,22H,7-8H2,1H3,(H,21,23)(H2,17,19,20)/t10?,11?,14-/m0/s1. The van der Waals surface area contributed by atoms with E-state index in [9.17, 15) is 9.90 Å². The second kappa shape index (κ2) is 6.29. The molecule has 2 aromatic heterocycles. The minimum Gasteiger partial charge on any atom is -0.393 e.